The first kappa shape index (κ1) is 4.94. The maximum Gasteiger partial charge on any atom is 0.0404 e. The molecule has 0 saturated carbocycles. The van der Waals surface area contributed by atoms with Crippen molar-refractivity contribution in [2.24, 2.45) is 0 Å². The summed E-state index contributed by atoms with van der Waals surface area (Å²) in [6, 6.07) is 1.37. The molecule has 0 bridgehead atoms. The summed E-state index contributed by atoms with van der Waals surface area (Å²) in [7, 11) is -0.491. The fraction of sp³-hybridized carbons (Fsp3) is 1.00. The summed E-state index contributed by atoms with van der Waals surface area (Å²) >= 11 is 0. The number of nitrogens with one attached hydrogen (secondary N) is 1. The van der Waals surface area contributed by atoms with E-state index >= 15 is 0 Å². The highest BCUT2D eigenvalue weighted by molar-refractivity contribution is 7.85. The van der Waals surface area contributed by atoms with Gasteiger partial charge in [-0.15, -0.1) is 0 Å². The van der Waals surface area contributed by atoms with Crippen LogP contribution in [0.1, 0.15) is 6.42 Å². The van der Waals surface area contributed by atoms with Crippen LogP contribution in [0.3, 0.4) is 0 Å². The number of hydrogen-bond donors (Lipinski definition) is 1. The summed E-state index contributed by atoms with van der Waals surface area (Å²) in [5.74, 6) is 1.83. The Morgan fingerprint density at radius 1 is 1.50 bits per heavy atom. The fourth-order valence-corrected chi connectivity index (χ4v) is 2.62. The van der Waals surface area contributed by atoms with E-state index < -0.39 is 10.8 Å². The Labute approximate surface area is 51.1 Å². The third kappa shape index (κ3) is 0.699. The number of hydrogen-bond acceptors (Lipinski definition) is 2. The van der Waals surface area contributed by atoms with Gasteiger partial charge in [0.15, 0.2) is 0 Å². The zero-order valence-corrected chi connectivity index (χ0v) is 5.41. The maximum absolute atomic E-state index is 10.8. The molecule has 3 atom stereocenters. The smallest absolute Gasteiger partial charge is 0.0404 e. The summed E-state index contributed by atoms with van der Waals surface area (Å²) in [6.07, 6.45) is 1.14. The summed E-state index contributed by atoms with van der Waals surface area (Å²) in [6.45, 7) is 0. The predicted octanol–water partition coefficient (Wildman–Crippen LogP) is -0.521. The molecule has 2 saturated heterocycles. The molecular weight excluding hydrogens is 122 g/mol. The Morgan fingerprint density at radius 2 is 2.38 bits per heavy atom. The van der Waals surface area contributed by atoms with Crippen LogP contribution in [-0.4, -0.2) is 27.8 Å². The van der Waals surface area contributed by atoms with Crippen molar-refractivity contribution in [2.75, 3.05) is 11.5 Å². The zero-order chi connectivity index (χ0) is 5.56. The van der Waals surface area contributed by atoms with Crippen molar-refractivity contribution >= 4 is 10.8 Å². The maximum atomic E-state index is 10.8. The van der Waals surface area contributed by atoms with Crippen molar-refractivity contribution in [2.45, 2.75) is 18.5 Å². The quantitative estimate of drug-likeness (QED) is 0.449. The molecule has 0 amide bonds. The van der Waals surface area contributed by atoms with Crippen LogP contribution in [0.2, 0.25) is 0 Å². The normalized spacial score (nSPS) is 52.8. The molecule has 2 nitrogen and oxygen atoms in total. The number of rotatable bonds is 0. The lowest BCUT2D eigenvalue weighted by atomic mass is 10.3. The predicted molar refractivity (Wildman–Crippen MR) is 33.2 cm³/mol. The van der Waals surface area contributed by atoms with E-state index in [0.29, 0.717) is 6.04 Å². The fourth-order valence-electron chi connectivity index (χ4n) is 1.21. The molecule has 3 heteroatoms. The third-order valence-electron chi connectivity index (χ3n) is 1.83. The van der Waals surface area contributed by atoms with E-state index in [1.54, 1.807) is 0 Å². The van der Waals surface area contributed by atoms with Crippen LogP contribution in [0.15, 0.2) is 0 Å². The Bertz CT molecular complexity index is 136. The van der Waals surface area contributed by atoms with Gasteiger partial charge in [-0.2, -0.15) is 0 Å². The molecule has 0 aromatic rings. The highest BCUT2D eigenvalue weighted by Crippen LogP contribution is 2.21. The van der Waals surface area contributed by atoms with Gasteiger partial charge in [0.25, 0.3) is 0 Å². The number of fused-ring (bicyclic) bond motifs is 1. The molecule has 0 spiro atoms. The molecule has 0 aromatic carbocycles. The Hall–Kier alpha value is 0.110. The van der Waals surface area contributed by atoms with Crippen molar-refractivity contribution in [1.82, 2.24) is 5.32 Å². The van der Waals surface area contributed by atoms with Crippen LogP contribution in [0.5, 0.6) is 0 Å². The van der Waals surface area contributed by atoms with E-state index in [1.807, 2.05) is 0 Å². The second-order valence-electron chi connectivity index (χ2n) is 2.48. The monoisotopic (exact) mass is 131 g/mol. The van der Waals surface area contributed by atoms with Gasteiger partial charge in [0.2, 0.25) is 0 Å². The molecule has 0 aromatic heterocycles. The summed E-state index contributed by atoms with van der Waals surface area (Å²) in [5, 5.41) is 3.27. The van der Waals surface area contributed by atoms with E-state index in [2.05, 4.69) is 5.32 Å². The minimum atomic E-state index is -0.491. The van der Waals surface area contributed by atoms with Crippen LogP contribution in [0, 0.1) is 0 Å². The average molecular weight is 131 g/mol. The van der Waals surface area contributed by atoms with Crippen LogP contribution >= 0.6 is 0 Å². The second-order valence-corrected chi connectivity index (χ2v) is 4.10. The van der Waals surface area contributed by atoms with Gasteiger partial charge in [-0.1, -0.05) is 0 Å². The summed E-state index contributed by atoms with van der Waals surface area (Å²) < 4.78 is 10.8. The third-order valence-corrected chi connectivity index (χ3v) is 3.25. The topological polar surface area (TPSA) is 39.0 Å². The van der Waals surface area contributed by atoms with Crippen LogP contribution in [-0.2, 0) is 10.8 Å². The first-order valence-electron chi connectivity index (χ1n) is 2.97. The molecule has 0 aliphatic carbocycles. The molecule has 3 unspecified atom stereocenters. The van der Waals surface area contributed by atoms with Crippen LogP contribution < -0.4 is 5.32 Å². The average Bonchev–Trinajstić information content (AvgIpc) is 2.43. The van der Waals surface area contributed by atoms with Gasteiger partial charge in [0.1, 0.15) is 0 Å². The van der Waals surface area contributed by atoms with Crippen molar-refractivity contribution in [3.63, 3.8) is 0 Å². The molecule has 2 heterocycles. The van der Waals surface area contributed by atoms with E-state index in [-0.39, 0.29) is 0 Å². The van der Waals surface area contributed by atoms with Crippen LogP contribution in [0.4, 0.5) is 0 Å². The second kappa shape index (κ2) is 1.54. The molecule has 0 radical (unpaired) electrons. The van der Waals surface area contributed by atoms with Gasteiger partial charge in [-0.3, -0.25) is 4.21 Å². The van der Waals surface area contributed by atoms with Crippen molar-refractivity contribution in [3.8, 4) is 0 Å². The highest BCUT2D eigenvalue weighted by atomic mass is 32.2. The van der Waals surface area contributed by atoms with Crippen LogP contribution in [0.25, 0.3) is 0 Å². The lowest BCUT2D eigenvalue weighted by Gasteiger charge is -2.03. The van der Waals surface area contributed by atoms with Gasteiger partial charge >= 0.3 is 0 Å². The molecule has 2 aliphatic heterocycles. The lowest BCUT2D eigenvalue weighted by Crippen LogP contribution is -2.17. The lowest BCUT2D eigenvalue weighted by molar-refractivity contribution is 0.673. The molecule has 2 aliphatic rings. The minimum absolute atomic E-state index is 0.491. The Morgan fingerprint density at radius 3 is 3.00 bits per heavy atom. The van der Waals surface area contributed by atoms with Gasteiger partial charge in [0, 0.05) is 34.4 Å². The van der Waals surface area contributed by atoms with E-state index in [9.17, 15) is 4.21 Å². The van der Waals surface area contributed by atoms with Gasteiger partial charge in [-0.25, -0.2) is 0 Å². The van der Waals surface area contributed by atoms with Crippen molar-refractivity contribution in [1.29, 1.82) is 0 Å². The molecule has 2 fully saturated rings. The first-order valence-corrected chi connectivity index (χ1v) is 4.46. The van der Waals surface area contributed by atoms with Gasteiger partial charge < -0.3 is 5.32 Å². The SMILES string of the molecule is O=S1CCC2NC2C1. The van der Waals surface area contributed by atoms with E-state index in [1.165, 1.54) is 0 Å². The van der Waals surface area contributed by atoms with Gasteiger partial charge in [0.05, 0.1) is 0 Å². The first-order chi connectivity index (χ1) is 3.86. The van der Waals surface area contributed by atoms with Crippen molar-refractivity contribution in [3.05, 3.63) is 0 Å². The largest absolute Gasteiger partial charge is 0.307 e. The van der Waals surface area contributed by atoms with Crippen molar-refractivity contribution < 1.29 is 4.21 Å². The molecule has 46 valence electrons. The molecule has 1 N–H and O–H groups in total. The van der Waals surface area contributed by atoms with E-state index in [4.69, 9.17) is 0 Å². The molecule has 8 heavy (non-hydrogen) atoms. The molecular formula is C5H9NOS. The zero-order valence-electron chi connectivity index (χ0n) is 4.59. The highest BCUT2D eigenvalue weighted by Gasteiger charge is 2.40. The van der Waals surface area contributed by atoms with Gasteiger partial charge in [-0.05, 0) is 6.42 Å². The minimum Gasteiger partial charge on any atom is -0.307 e. The van der Waals surface area contributed by atoms with E-state index in [0.717, 1.165) is 24.0 Å². The Kier molecular flexibility index (Phi) is 0.954. The summed E-state index contributed by atoms with van der Waals surface area (Å²) in [4.78, 5) is 0. The molecule has 2 rings (SSSR count). The summed E-state index contributed by atoms with van der Waals surface area (Å²) in [5.41, 5.74) is 0. The Balaban J connectivity index is 2.02. The standard InChI is InChI=1S/C5H9NOS/c7-8-2-1-4-5(3-8)6-4/h4-6H,1-3H2.